The number of halogens is 4. The van der Waals surface area contributed by atoms with Crippen LogP contribution in [-0.2, 0) is 10.9 Å². The number of carbonyl (C=O) groups is 2. The first-order valence-electron chi connectivity index (χ1n) is 6.10. The summed E-state index contributed by atoms with van der Waals surface area (Å²) in [6.45, 7) is 5.84. The third-order valence-corrected chi connectivity index (χ3v) is 2.53. The maximum absolute atomic E-state index is 12.7. The van der Waals surface area contributed by atoms with Crippen molar-refractivity contribution in [1.82, 2.24) is 4.98 Å². The van der Waals surface area contributed by atoms with Crippen molar-refractivity contribution in [2.45, 2.75) is 39.5 Å². The number of hydrogen-bond acceptors (Lipinski definition) is 4. The largest absolute Gasteiger partial charge is 0.444 e. The average molecular weight is 339 g/mol. The van der Waals surface area contributed by atoms with E-state index in [4.69, 9.17) is 16.3 Å². The van der Waals surface area contributed by atoms with E-state index < -0.39 is 40.2 Å². The van der Waals surface area contributed by atoms with E-state index in [0.29, 0.717) is 6.07 Å². The molecule has 0 aromatic carbocycles. The highest BCUT2D eigenvalue weighted by Gasteiger charge is 2.35. The zero-order valence-electron chi connectivity index (χ0n) is 12.3. The minimum absolute atomic E-state index is 0.319. The van der Waals surface area contributed by atoms with Gasteiger partial charge >= 0.3 is 12.3 Å². The molecule has 0 spiro atoms. The Hall–Kier alpha value is -1.83. The number of amides is 1. The Morgan fingerprint density at radius 3 is 2.23 bits per heavy atom. The number of pyridine rings is 1. The molecule has 22 heavy (non-hydrogen) atoms. The summed E-state index contributed by atoms with van der Waals surface area (Å²) < 4.78 is 43.2. The van der Waals surface area contributed by atoms with Crippen molar-refractivity contribution in [3.63, 3.8) is 0 Å². The van der Waals surface area contributed by atoms with Crippen LogP contribution < -0.4 is 5.32 Å². The monoisotopic (exact) mass is 338 g/mol. The Morgan fingerprint density at radius 2 is 1.82 bits per heavy atom. The van der Waals surface area contributed by atoms with Gasteiger partial charge in [-0.1, -0.05) is 11.6 Å². The number of carbonyl (C=O) groups excluding carboxylic acids is 2. The number of nitrogens with zero attached hydrogens (tertiary/aromatic N) is 1. The van der Waals surface area contributed by atoms with E-state index >= 15 is 0 Å². The highest BCUT2D eigenvalue weighted by atomic mass is 35.5. The molecule has 0 saturated carbocycles. The van der Waals surface area contributed by atoms with Crippen molar-refractivity contribution >= 4 is 29.2 Å². The molecule has 0 aliphatic rings. The number of nitrogens with one attached hydrogen (secondary N) is 1. The summed E-state index contributed by atoms with van der Waals surface area (Å²) in [6, 6.07) is 0.534. The molecule has 1 aromatic rings. The van der Waals surface area contributed by atoms with Crippen molar-refractivity contribution < 1.29 is 27.5 Å². The van der Waals surface area contributed by atoms with Crippen LogP contribution in [-0.4, -0.2) is 22.5 Å². The first kappa shape index (κ1) is 18.2. The summed E-state index contributed by atoms with van der Waals surface area (Å²) in [5, 5.41) is 1.45. The predicted octanol–water partition coefficient (Wildman–Crippen LogP) is 4.30. The summed E-state index contributed by atoms with van der Waals surface area (Å²) in [5.41, 5.74) is -2.91. The van der Waals surface area contributed by atoms with Crippen molar-refractivity contribution in [3.05, 3.63) is 22.5 Å². The van der Waals surface area contributed by atoms with Gasteiger partial charge in [-0.2, -0.15) is 13.2 Å². The number of rotatable bonds is 2. The van der Waals surface area contributed by atoms with Crippen LogP contribution in [0.25, 0.3) is 0 Å². The molecule has 1 N–H and O–H groups in total. The lowest BCUT2D eigenvalue weighted by Crippen LogP contribution is -2.28. The summed E-state index contributed by atoms with van der Waals surface area (Å²) in [6.07, 6.45) is -5.78. The molecular weight excluding hydrogens is 325 g/mol. The van der Waals surface area contributed by atoms with E-state index in [2.05, 4.69) is 10.3 Å². The Labute approximate surface area is 129 Å². The van der Waals surface area contributed by atoms with E-state index in [1.54, 1.807) is 20.8 Å². The smallest absolute Gasteiger partial charge is 0.433 e. The predicted molar refractivity (Wildman–Crippen MR) is 74.1 cm³/mol. The minimum Gasteiger partial charge on any atom is -0.444 e. The topological polar surface area (TPSA) is 68.3 Å². The molecular formula is C13H14ClF3N2O3. The molecule has 0 aliphatic heterocycles. The molecule has 1 aromatic heterocycles. The average Bonchev–Trinajstić information content (AvgIpc) is 2.22. The summed E-state index contributed by atoms with van der Waals surface area (Å²) in [7, 11) is 0. The van der Waals surface area contributed by atoms with E-state index in [0.717, 1.165) is 6.92 Å². The third kappa shape index (κ3) is 4.87. The standard InChI is InChI=1S/C13H14ClF3N2O3/c1-6(20)9-7(18-11(21)22-12(2,3)4)5-8(13(15,16)17)19-10(9)14/h5H,1-4H3,(H,18,19,21). The van der Waals surface area contributed by atoms with Crippen molar-refractivity contribution in [2.75, 3.05) is 5.32 Å². The van der Waals surface area contributed by atoms with Crippen LogP contribution in [0.4, 0.5) is 23.7 Å². The normalized spacial score (nSPS) is 12.0. The quantitative estimate of drug-likeness (QED) is 0.644. The van der Waals surface area contributed by atoms with Gasteiger partial charge in [0.05, 0.1) is 11.3 Å². The Kier molecular flexibility index (Phi) is 5.06. The number of aromatic nitrogens is 1. The van der Waals surface area contributed by atoms with Crippen LogP contribution in [0.5, 0.6) is 0 Å². The van der Waals surface area contributed by atoms with Gasteiger partial charge in [-0.3, -0.25) is 10.1 Å². The molecule has 122 valence electrons. The fourth-order valence-corrected chi connectivity index (χ4v) is 1.83. The molecule has 1 rings (SSSR count). The molecule has 1 amide bonds. The number of hydrogen-bond donors (Lipinski definition) is 1. The molecule has 9 heteroatoms. The van der Waals surface area contributed by atoms with Crippen LogP contribution in [0.15, 0.2) is 6.07 Å². The lowest BCUT2D eigenvalue weighted by molar-refractivity contribution is -0.141. The van der Waals surface area contributed by atoms with Crippen LogP contribution in [0.1, 0.15) is 43.7 Å². The van der Waals surface area contributed by atoms with Gasteiger partial charge in [-0.25, -0.2) is 9.78 Å². The van der Waals surface area contributed by atoms with Crippen LogP contribution in [0.2, 0.25) is 5.15 Å². The fourth-order valence-electron chi connectivity index (χ4n) is 1.51. The fraction of sp³-hybridized carbons (Fsp3) is 0.462. The minimum atomic E-state index is -4.77. The number of ketones is 1. The molecule has 0 unspecified atom stereocenters. The second-order valence-electron chi connectivity index (χ2n) is 5.40. The number of ether oxygens (including phenoxy) is 1. The molecule has 0 fully saturated rings. The van der Waals surface area contributed by atoms with Crippen molar-refractivity contribution in [1.29, 1.82) is 0 Å². The Morgan fingerprint density at radius 1 is 1.27 bits per heavy atom. The van der Waals surface area contributed by atoms with Crippen LogP contribution in [0.3, 0.4) is 0 Å². The van der Waals surface area contributed by atoms with E-state index in [1.165, 1.54) is 0 Å². The highest BCUT2D eigenvalue weighted by Crippen LogP contribution is 2.33. The SMILES string of the molecule is CC(=O)c1c(NC(=O)OC(C)(C)C)cc(C(F)(F)F)nc1Cl. The second-order valence-corrected chi connectivity index (χ2v) is 5.76. The van der Waals surface area contributed by atoms with Gasteiger partial charge in [0, 0.05) is 0 Å². The first-order valence-corrected chi connectivity index (χ1v) is 6.47. The van der Waals surface area contributed by atoms with Gasteiger partial charge in [0.25, 0.3) is 0 Å². The molecule has 1 heterocycles. The van der Waals surface area contributed by atoms with Crippen LogP contribution >= 0.6 is 11.6 Å². The lowest BCUT2D eigenvalue weighted by Gasteiger charge is -2.20. The third-order valence-electron chi connectivity index (χ3n) is 2.25. The van der Waals surface area contributed by atoms with Gasteiger partial charge in [-0.05, 0) is 33.8 Å². The Bertz CT molecular complexity index is 610. The zero-order valence-corrected chi connectivity index (χ0v) is 13.0. The summed E-state index contributed by atoms with van der Waals surface area (Å²) in [4.78, 5) is 26.3. The van der Waals surface area contributed by atoms with Gasteiger partial charge in [0.2, 0.25) is 0 Å². The van der Waals surface area contributed by atoms with Gasteiger partial charge < -0.3 is 4.74 Å². The lowest BCUT2D eigenvalue weighted by atomic mass is 10.1. The van der Waals surface area contributed by atoms with Crippen LogP contribution in [0, 0.1) is 0 Å². The van der Waals surface area contributed by atoms with Crippen molar-refractivity contribution in [2.24, 2.45) is 0 Å². The number of Topliss-reactive ketones (excluding diaryl/α,β-unsaturated/α-hetero) is 1. The molecule has 0 bridgehead atoms. The Balaban J connectivity index is 3.28. The molecule has 0 aliphatic carbocycles. The van der Waals surface area contributed by atoms with Gasteiger partial charge in [0.15, 0.2) is 5.78 Å². The first-order chi connectivity index (χ1) is 9.81. The van der Waals surface area contributed by atoms with Crippen molar-refractivity contribution in [3.8, 4) is 0 Å². The molecule has 5 nitrogen and oxygen atoms in total. The molecule has 0 radical (unpaired) electrons. The van der Waals surface area contributed by atoms with Gasteiger partial charge in [0.1, 0.15) is 16.4 Å². The second kappa shape index (κ2) is 6.12. The number of alkyl halides is 3. The molecule has 0 saturated heterocycles. The number of anilines is 1. The maximum atomic E-state index is 12.7. The maximum Gasteiger partial charge on any atom is 0.433 e. The molecule has 0 atom stereocenters. The van der Waals surface area contributed by atoms with E-state index in [9.17, 15) is 22.8 Å². The van der Waals surface area contributed by atoms with Gasteiger partial charge in [-0.15, -0.1) is 0 Å². The highest BCUT2D eigenvalue weighted by molar-refractivity contribution is 6.33. The van der Waals surface area contributed by atoms with E-state index in [-0.39, 0.29) is 5.56 Å². The summed E-state index contributed by atoms with van der Waals surface area (Å²) in [5.74, 6) is -0.641. The zero-order chi connectivity index (χ0) is 17.3. The summed E-state index contributed by atoms with van der Waals surface area (Å²) >= 11 is 5.63. The van der Waals surface area contributed by atoms with E-state index in [1.807, 2.05) is 0 Å².